The van der Waals surface area contributed by atoms with Crippen molar-refractivity contribution in [2.45, 2.75) is 6.54 Å². The summed E-state index contributed by atoms with van der Waals surface area (Å²) in [6.45, 7) is 2.10. The fourth-order valence-corrected chi connectivity index (χ4v) is 3.47. The Kier molecular flexibility index (Phi) is 3.78. The third-order valence-corrected chi connectivity index (χ3v) is 4.61. The van der Waals surface area contributed by atoms with Crippen LogP contribution in [0.2, 0.25) is 0 Å². The molecule has 1 aliphatic heterocycles. The predicted molar refractivity (Wildman–Crippen MR) is 83.7 cm³/mol. The summed E-state index contributed by atoms with van der Waals surface area (Å²) in [7, 11) is 0. The summed E-state index contributed by atoms with van der Waals surface area (Å²) in [4.78, 5) is 14.3. The number of amides is 1. The van der Waals surface area contributed by atoms with Crippen molar-refractivity contribution in [3.63, 3.8) is 0 Å². The average Bonchev–Trinajstić information content (AvgIpc) is 2.91. The second-order valence-electron chi connectivity index (χ2n) is 4.86. The average molecular weight is 287 g/mol. The van der Waals surface area contributed by atoms with Gasteiger partial charge in [0.2, 0.25) is 5.91 Å². The SMILES string of the molecule is N=Cc1cccc2c1ccn2CC(=O)N1CCSCC1. The van der Waals surface area contributed by atoms with Crippen molar-refractivity contribution in [3.05, 3.63) is 36.0 Å². The Bertz CT molecular complexity index is 644. The molecule has 0 radical (unpaired) electrons. The first-order chi connectivity index (χ1) is 9.79. The Morgan fingerprint density at radius 2 is 2.10 bits per heavy atom. The second-order valence-corrected chi connectivity index (χ2v) is 6.09. The summed E-state index contributed by atoms with van der Waals surface area (Å²) in [5, 5.41) is 8.46. The summed E-state index contributed by atoms with van der Waals surface area (Å²) >= 11 is 1.91. The van der Waals surface area contributed by atoms with E-state index in [2.05, 4.69) is 0 Å². The summed E-state index contributed by atoms with van der Waals surface area (Å²) in [6.07, 6.45) is 3.30. The molecule has 0 unspecified atom stereocenters. The molecule has 2 aromatic rings. The minimum absolute atomic E-state index is 0.183. The lowest BCUT2D eigenvalue weighted by atomic mass is 10.1. The zero-order valence-electron chi connectivity index (χ0n) is 11.2. The van der Waals surface area contributed by atoms with Crippen molar-refractivity contribution in [3.8, 4) is 0 Å². The van der Waals surface area contributed by atoms with Gasteiger partial charge in [-0.3, -0.25) is 4.79 Å². The number of hydrogen-bond donors (Lipinski definition) is 1. The normalized spacial score (nSPS) is 15.5. The van der Waals surface area contributed by atoms with Crippen LogP contribution in [0.25, 0.3) is 10.9 Å². The molecule has 0 aliphatic carbocycles. The van der Waals surface area contributed by atoms with Crippen LogP contribution < -0.4 is 0 Å². The Morgan fingerprint density at radius 3 is 2.85 bits per heavy atom. The second kappa shape index (κ2) is 5.71. The number of thioether (sulfide) groups is 1. The number of benzene rings is 1. The Labute approximate surface area is 122 Å². The van der Waals surface area contributed by atoms with Gasteiger partial charge in [-0.25, -0.2) is 0 Å². The van der Waals surface area contributed by atoms with Gasteiger partial charge in [0.1, 0.15) is 6.54 Å². The van der Waals surface area contributed by atoms with Gasteiger partial charge in [0, 0.05) is 53.5 Å². The van der Waals surface area contributed by atoms with Crippen LogP contribution in [-0.4, -0.2) is 46.2 Å². The molecular weight excluding hydrogens is 270 g/mol. The van der Waals surface area contributed by atoms with Gasteiger partial charge in [-0.15, -0.1) is 0 Å². The largest absolute Gasteiger partial charge is 0.339 e. The minimum Gasteiger partial charge on any atom is -0.339 e. The summed E-state index contributed by atoms with van der Waals surface area (Å²) in [5.41, 5.74) is 1.91. The summed E-state index contributed by atoms with van der Waals surface area (Å²) in [5.74, 6) is 2.26. The van der Waals surface area contributed by atoms with Crippen LogP contribution in [0.3, 0.4) is 0 Å². The topological polar surface area (TPSA) is 49.1 Å². The molecular formula is C15H17N3OS. The highest BCUT2D eigenvalue weighted by molar-refractivity contribution is 7.99. The van der Waals surface area contributed by atoms with E-state index in [-0.39, 0.29) is 5.91 Å². The van der Waals surface area contributed by atoms with Crippen LogP contribution >= 0.6 is 11.8 Å². The van der Waals surface area contributed by atoms with Crippen molar-refractivity contribution >= 4 is 34.8 Å². The smallest absolute Gasteiger partial charge is 0.242 e. The first kappa shape index (κ1) is 13.2. The van der Waals surface area contributed by atoms with E-state index >= 15 is 0 Å². The van der Waals surface area contributed by atoms with E-state index in [1.165, 1.54) is 6.21 Å². The highest BCUT2D eigenvalue weighted by Crippen LogP contribution is 2.19. The number of carbonyl (C=O) groups excluding carboxylic acids is 1. The molecule has 1 fully saturated rings. The van der Waals surface area contributed by atoms with Crippen LogP contribution in [0.4, 0.5) is 0 Å². The fourth-order valence-electron chi connectivity index (χ4n) is 2.57. The lowest BCUT2D eigenvalue weighted by molar-refractivity contribution is -0.131. The molecule has 5 heteroatoms. The molecule has 2 heterocycles. The third-order valence-electron chi connectivity index (χ3n) is 3.67. The van der Waals surface area contributed by atoms with Crippen molar-refractivity contribution < 1.29 is 4.79 Å². The quantitative estimate of drug-likeness (QED) is 0.880. The van der Waals surface area contributed by atoms with Gasteiger partial charge in [0.05, 0.1) is 0 Å². The Morgan fingerprint density at radius 1 is 1.30 bits per heavy atom. The van der Waals surface area contributed by atoms with E-state index in [9.17, 15) is 4.79 Å². The molecule has 1 saturated heterocycles. The molecule has 1 amide bonds. The first-order valence-electron chi connectivity index (χ1n) is 6.73. The summed E-state index contributed by atoms with van der Waals surface area (Å²) in [6, 6.07) is 7.83. The number of carbonyl (C=O) groups is 1. The molecule has 0 spiro atoms. The molecule has 0 saturated carbocycles. The van der Waals surface area contributed by atoms with E-state index in [4.69, 9.17) is 5.41 Å². The predicted octanol–water partition coefficient (Wildman–Crippen LogP) is 2.21. The Hall–Kier alpha value is -1.75. The molecule has 104 valence electrons. The van der Waals surface area contributed by atoms with Crippen LogP contribution in [0.15, 0.2) is 30.5 Å². The van der Waals surface area contributed by atoms with E-state index in [0.29, 0.717) is 6.54 Å². The molecule has 4 nitrogen and oxygen atoms in total. The van der Waals surface area contributed by atoms with E-state index < -0.39 is 0 Å². The molecule has 1 aromatic heterocycles. The monoisotopic (exact) mass is 287 g/mol. The number of aromatic nitrogens is 1. The zero-order chi connectivity index (χ0) is 13.9. The molecule has 1 aromatic carbocycles. The first-order valence-corrected chi connectivity index (χ1v) is 7.89. The van der Waals surface area contributed by atoms with Gasteiger partial charge in [-0.05, 0) is 12.1 Å². The molecule has 0 atom stereocenters. The van der Waals surface area contributed by atoms with Gasteiger partial charge >= 0.3 is 0 Å². The number of fused-ring (bicyclic) bond motifs is 1. The number of hydrogen-bond acceptors (Lipinski definition) is 3. The van der Waals surface area contributed by atoms with Crippen LogP contribution in [-0.2, 0) is 11.3 Å². The molecule has 0 bridgehead atoms. The maximum absolute atomic E-state index is 12.3. The van der Waals surface area contributed by atoms with Crippen molar-refractivity contribution in [1.29, 1.82) is 5.41 Å². The highest BCUT2D eigenvalue weighted by atomic mass is 32.2. The van der Waals surface area contributed by atoms with Crippen molar-refractivity contribution in [1.82, 2.24) is 9.47 Å². The van der Waals surface area contributed by atoms with Crippen LogP contribution in [0.1, 0.15) is 5.56 Å². The zero-order valence-corrected chi connectivity index (χ0v) is 12.0. The maximum atomic E-state index is 12.3. The van der Waals surface area contributed by atoms with Gasteiger partial charge in [0.15, 0.2) is 0 Å². The van der Waals surface area contributed by atoms with Gasteiger partial charge in [-0.1, -0.05) is 12.1 Å². The lowest BCUT2D eigenvalue weighted by Gasteiger charge is -2.26. The van der Waals surface area contributed by atoms with E-state index in [0.717, 1.165) is 41.1 Å². The van der Waals surface area contributed by atoms with Crippen molar-refractivity contribution in [2.24, 2.45) is 0 Å². The van der Waals surface area contributed by atoms with Gasteiger partial charge < -0.3 is 14.9 Å². The maximum Gasteiger partial charge on any atom is 0.242 e. The minimum atomic E-state index is 0.183. The third kappa shape index (κ3) is 2.45. The van der Waals surface area contributed by atoms with Crippen molar-refractivity contribution in [2.75, 3.05) is 24.6 Å². The summed E-state index contributed by atoms with van der Waals surface area (Å²) < 4.78 is 1.98. The van der Waals surface area contributed by atoms with Crippen LogP contribution in [0, 0.1) is 5.41 Å². The van der Waals surface area contributed by atoms with E-state index in [1.54, 1.807) is 0 Å². The van der Waals surface area contributed by atoms with E-state index in [1.807, 2.05) is 51.7 Å². The number of nitrogens with zero attached hydrogens (tertiary/aromatic N) is 2. The van der Waals surface area contributed by atoms with Gasteiger partial charge in [-0.2, -0.15) is 11.8 Å². The number of rotatable bonds is 3. The van der Waals surface area contributed by atoms with Crippen LogP contribution in [0.5, 0.6) is 0 Å². The fraction of sp³-hybridized carbons (Fsp3) is 0.333. The van der Waals surface area contributed by atoms with Gasteiger partial charge in [0.25, 0.3) is 0 Å². The molecule has 20 heavy (non-hydrogen) atoms. The highest BCUT2D eigenvalue weighted by Gasteiger charge is 2.17. The molecule has 1 N–H and O–H groups in total. The standard InChI is InChI=1S/C15H17N3OS/c16-10-12-2-1-3-14-13(12)4-5-18(14)11-15(19)17-6-8-20-9-7-17/h1-5,10,16H,6-9,11H2. The number of nitrogens with one attached hydrogen (secondary N) is 1. The Balaban J connectivity index is 1.84. The molecule has 3 rings (SSSR count). The molecule has 1 aliphatic rings. The lowest BCUT2D eigenvalue weighted by Crippen LogP contribution is -2.39.